The Balaban J connectivity index is 0.000000179. The van der Waals surface area contributed by atoms with Crippen LogP contribution in [0, 0.1) is 18.8 Å². The molecule has 0 bridgehead atoms. The highest BCUT2D eigenvalue weighted by atomic mass is 35.5. The van der Waals surface area contributed by atoms with Gasteiger partial charge in [-0.1, -0.05) is 24.9 Å². The van der Waals surface area contributed by atoms with Crippen LogP contribution in [-0.2, 0) is 11.0 Å². The fourth-order valence-electron chi connectivity index (χ4n) is 8.33. The minimum Gasteiger partial charge on any atom is -0.490 e. The van der Waals surface area contributed by atoms with Crippen molar-refractivity contribution in [3.05, 3.63) is 58.7 Å². The predicted molar refractivity (Wildman–Crippen MR) is 222 cm³/mol. The topological polar surface area (TPSA) is 132 Å². The maximum absolute atomic E-state index is 13.5. The number of nitrogens with two attached hydrogens (primary N) is 1. The number of alkyl halides is 3. The van der Waals surface area contributed by atoms with Gasteiger partial charge < -0.3 is 19.9 Å². The van der Waals surface area contributed by atoms with Crippen LogP contribution in [-0.4, -0.2) is 96.2 Å². The van der Waals surface area contributed by atoms with Crippen molar-refractivity contribution in [1.29, 1.82) is 0 Å². The number of piperidine rings is 1. The molecule has 0 radical (unpaired) electrons. The number of imide groups is 1. The number of piperazine rings is 1. The van der Waals surface area contributed by atoms with Gasteiger partial charge in [-0.15, -0.1) is 0 Å². The van der Waals surface area contributed by atoms with E-state index in [9.17, 15) is 22.8 Å². The molecule has 12 nitrogen and oxygen atoms in total. The van der Waals surface area contributed by atoms with Gasteiger partial charge in [0.15, 0.2) is 0 Å². The average molecular weight is 844 g/mol. The Kier molecular flexibility index (Phi) is 13.6. The monoisotopic (exact) mass is 843 g/mol. The molecule has 1 unspecified atom stereocenters. The summed E-state index contributed by atoms with van der Waals surface area (Å²) in [5.74, 6) is 1.59. The number of hydrogen-bond acceptors (Lipinski definition) is 11. The van der Waals surface area contributed by atoms with Gasteiger partial charge in [-0.25, -0.2) is 9.78 Å². The molecule has 4 N–H and O–H groups in total. The molecule has 2 aliphatic carbocycles. The van der Waals surface area contributed by atoms with Gasteiger partial charge >= 0.3 is 12.2 Å². The third-order valence-corrected chi connectivity index (χ3v) is 12.7. The Bertz CT molecular complexity index is 1920. The highest BCUT2D eigenvalue weighted by Gasteiger charge is 2.38. The minimum atomic E-state index is -4.50. The lowest BCUT2D eigenvalue weighted by molar-refractivity contribution is -0.137. The highest BCUT2D eigenvalue weighted by Crippen LogP contribution is 2.39. The summed E-state index contributed by atoms with van der Waals surface area (Å²) in [4.78, 5) is 41.1. The molecule has 5 fully saturated rings. The summed E-state index contributed by atoms with van der Waals surface area (Å²) in [6.07, 6.45) is 5.06. The molecule has 314 valence electrons. The van der Waals surface area contributed by atoms with Crippen LogP contribution in [0.15, 0.2) is 47.5 Å². The molecule has 3 amide bonds. The third-order valence-electron chi connectivity index (χ3n) is 11.9. The van der Waals surface area contributed by atoms with Crippen molar-refractivity contribution in [2.75, 3.05) is 67.5 Å². The standard InChI is InChI=1S/C23H31ClN4O3.C18H22F3N5S/c24-20-5-4-18(14-21(20)28-7-6-22(29)25-23(28)30)31-19-12-16(13-19)15-26-8-10-27(11-9-26)17-2-1-3-17;1-11-4-3-7-26(10-11)16-14(18(19,20)21)9-23-17(25-16)24-15-6-5-13(27-22)8-12(15)2/h4-5,14,16-17,19H,1-3,6-13,15H2,(H,25,29,30);5-6,8-9,11H,3-4,7,10,22H2,1-2H3,(H,23,24,25). The summed E-state index contributed by atoms with van der Waals surface area (Å²) < 4.78 is 46.6. The third kappa shape index (κ3) is 10.5. The van der Waals surface area contributed by atoms with Crippen LogP contribution in [0.25, 0.3) is 0 Å². The number of anilines is 4. The Morgan fingerprint density at radius 3 is 2.45 bits per heavy atom. The number of nitrogens with zero attached hydrogens (tertiary/aromatic N) is 6. The van der Waals surface area contributed by atoms with E-state index in [4.69, 9.17) is 21.5 Å². The number of halogens is 4. The van der Waals surface area contributed by atoms with E-state index in [1.807, 2.05) is 44.2 Å². The number of carbonyl (C=O) groups is 2. The Morgan fingerprint density at radius 2 is 1.79 bits per heavy atom. The van der Waals surface area contributed by atoms with Gasteiger partial charge in [-0.2, -0.15) is 18.2 Å². The molecule has 3 aliphatic heterocycles. The van der Waals surface area contributed by atoms with Gasteiger partial charge in [0.05, 0.1) is 16.8 Å². The molecular weight excluding hydrogens is 791 g/mol. The smallest absolute Gasteiger partial charge is 0.421 e. The van der Waals surface area contributed by atoms with Crippen LogP contribution < -0.4 is 30.3 Å². The van der Waals surface area contributed by atoms with E-state index < -0.39 is 17.8 Å². The number of aromatic nitrogens is 2. The van der Waals surface area contributed by atoms with E-state index in [2.05, 4.69) is 30.4 Å². The summed E-state index contributed by atoms with van der Waals surface area (Å²) in [5, 5.41) is 11.4. The number of ether oxygens (including phenoxy) is 1. The Labute approximate surface area is 347 Å². The number of hydrogen-bond donors (Lipinski definition) is 3. The van der Waals surface area contributed by atoms with E-state index >= 15 is 0 Å². The van der Waals surface area contributed by atoms with Gasteiger partial charge in [0.1, 0.15) is 17.1 Å². The predicted octanol–water partition coefficient (Wildman–Crippen LogP) is 7.86. The van der Waals surface area contributed by atoms with E-state index in [1.165, 1.54) is 56.9 Å². The molecule has 2 aromatic carbocycles. The SMILES string of the molecule is Cc1cc(SN)ccc1Nc1ncc(C(F)(F)F)c(N2CCCC(C)C2)n1.O=C1CCN(c2cc(OC3CC(CN4CCN(C5CCC5)CC4)C3)ccc2Cl)C(=O)N1. The van der Waals surface area contributed by atoms with Crippen molar-refractivity contribution in [2.24, 2.45) is 17.0 Å². The number of aryl methyl sites for hydroxylation is 1. The molecule has 17 heteroatoms. The molecule has 8 rings (SSSR count). The van der Waals surface area contributed by atoms with Crippen LogP contribution in [0.2, 0.25) is 5.02 Å². The number of amides is 3. The molecule has 4 heterocycles. The Hall–Kier alpha value is -3.83. The van der Waals surface area contributed by atoms with Crippen molar-refractivity contribution in [1.82, 2.24) is 25.1 Å². The summed E-state index contributed by atoms with van der Waals surface area (Å²) in [6, 6.07) is 11.4. The first-order valence-electron chi connectivity index (χ1n) is 20.3. The maximum Gasteiger partial charge on any atom is 0.421 e. The van der Waals surface area contributed by atoms with E-state index in [0.717, 1.165) is 71.8 Å². The molecule has 3 saturated heterocycles. The first kappa shape index (κ1) is 42.3. The summed E-state index contributed by atoms with van der Waals surface area (Å²) in [6.45, 7) is 11.4. The van der Waals surface area contributed by atoms with Gasteiger partial charge in [-0.3, -0.25) is 25.1 Å². The largest absolute Gasteiger partial charge is 0.490 e. The molecular formula is C41H53ClF3N9O3S. The second kappa shape index (κ2) is 18.6. The lowest BCUT2D eigenvalue weighted by Gasteiger charge is -2.45. The van der Waals surface area contributed by atoms with E-state index in [-0.39, 0.29) is 30.2 Å². The van der Waals surface area contributed by atoms with Crippen LogP contribution in [0.1, 0.15) is 69.4 Å². The van der Waals surface area contributed by atoms with Crippen LogP contribution in [0.3, 0.4) is 0 Å². The van der Waals surface area contributed by atoms with E-state index in [1.54, 1.807) is 11.0 Å². The normalized spacial score (nSPS) is 23.3. The maximum atomic E-state index is 13.5. The molecule has 3 aromatic rings. The minimum absolute atomic E-state index is 0.0571. The lowest BCUT2D eigenvalue weighted by atomic mass is 9.81. The van der Waals surface area contributed by atoms with Crippen molar-refractivity contribution < 1.29 is 27.5 Å². The Morgan fingerprint density at radius 1 is 1.02 bits per heavy atom. The van der Waals surface area contributed by atoms with Crippen LogP contribution >= 0.6 is 23.5 Å². The summed E-state index contributed by atoms with van der Waals surface area (Å²) >= 11 is 7.45. The molecule has 0 spiro atoms. The van der Waals surface area contributed by atoms with Gasteiger partial charge in [-0.05, 0) is 105 Å². The number of nitrogens with one attached hydrogen (secondary N) is 2. The zero-order chi connectivity index (χ0) is 41.0. The van der Waals surface area contributed by atoms with E-state index in [0.29, 0.717) is 42.2 Å². The molecule has 2 saturated carbocycles. The molecule has 5 aliphatic rings. The first-order valence-corrected chi connectivity index (χ1v) is 21.6. The molecule has 1 atom stereocenters. The second-order valence-electron chi connectivity index (χ2n) is 16.2. The number of carbonyl (C=O) groups excluding carboxylic acids is 2. The van der Waals surface area contributed by atoms with Crippen molar-refractivity contribution in [3.8, 4) is 5.75 Å². The quantitative estimate of drug-likeness (QED) is 0.173. The zero-order valence-electron chi connectivity index (χ0n) is 33.1. The van der Waals surface area contributed by atoms with Crippen molar-refractivity contribution >= 4 is 58.6 Å². The highest BCUT2D eigenvalue weighted by molar-refractivity contribution is 7.97. The average Bonchev–Trinajstić information content (AvgIpc) is 3.15. The fraction of sp³-hybridized carbons (Fsp3) is 0.561. The van der Waals surface area contributed by atoms with Gasteiger partial charge in [0, 0.05) is 87.7 Å². The first-order chi connectivity index (χ1) is 27.8. The fourth-order valence-corrected chi connectivity index (χ4v) is 8.94. The summed E-state index contributed by atoms with van der Waals surface area (Å²) in [5.41, 5.74) is 1.42. The lowest BCUT2D eigenvalue weighted by Crippen LogP contribution is -2.54. The molecule has 1 aromatic heterocycles. The molecule has 58 heavy (non-hydrogen) atoms. The number of urea groups is 1. The number of benzene rings is 2. The van der Waals surface area contributed by atoms with Crippen molar-refractivity contribution in [2.45, 2.75) is 88.4 Å². The van der Waals surface area contributed by atoms with Gasteiger partial charge in [0.2, 0.25) is 11.9 Å². The summed E-state index contributed by atoms with van der Waals surface area (Å²) in [7, 11) is 0. The van der Waals surface area contributed by atoms with Gasteiger partial charge in [0.25, 0.3) is 0 Å². The van der Waals surface area contributed by atoms with Crippen LogP contribution in [0.5, 0.6) is 5.75 Å². The zero-order valence-corrected chi connectivity index (χ0v) is 34.6. The number of rotatable bonds is 10. The second-order valence-corrected chi connectivity index (χ2v) is 17.3. The van der Waals surface area contributed by atoms with Crippen molar-refractivity contribution in [3.63, 3.8) is 0 Å². The van der Waals surface area contributed by atoms with Crippen LogP contribution in [0.4, 0.5) is 41.1 Å².